The van der Waals surface area contributed by atoms with E-state index >= 15 is 0 Å². The predicted molar refractivity (Wildman–Crippen MR) is 62.9 cm³/mol. The van der Waals surface area contributed by atoms with E-state index in [1.165, 1.54) is 0 Å². The number of hydrogen-bond acceptors (Lipinski definition) is 5. The van der Waals surface area contributed by atoms with Crippen molar-refractivity contribution >= 4 is 5.91 Å². The number of carbonyl (C=O) groups excluding carboxylic acids is 1. The molecule has 0 aliphatic carbocycles. The average Bonchev–Trinajstić information content (AvgIpc) is 2.35. The number of nitrogens with one attached hydrogen (secondary N) is 2. The highest BCUT2D eigenvalue weighted by Crippen LogP contribution is 1.98. The lowest BCUT2D eigenvalue weighted by Crippen LogP contribution is -2.45. The number of morpholine rings is 1. The minimum Gasteiger partial charge on any atom is -0.382 e. The molecule has 1 amide bonds. The van der Waals surface area contributed by atoms with Crippen LogP contribution in [0.2, 0.25) is 0 Å². The summed E-state index contributed by atoms with van der Waals surface area (Å²) in [5.74, 6) is 0.00570. The van der Waals surface area contributed by atoms with E-state index in [4.69, 9.17) is 14.2 Å². The molecule has 1 heterocycles. The lowest BCUT2D eigenvalue weighted by molar-refractivity contribution is -0.123. The molecule has 1 aliphatic heterocycles. The standard InChI is InChI=1S/C11H22N2O4/c1-15-8-10(16-2)6-13-11(14)5-9-7-17-4-3-12-9/h9-10,12H,3-8H2,1-2H3,(H,13,14). The van der Waals surface area contributed by atoms with Crippen molar-refractivity contribution in [1.82, 2.24) is 10.6 Å². The second kappa shape index (κ2) is 8.41. The number of ether oxygens (including phenoxy) is 3. The molecule has 0 radical (unpaired) electrons. The molecule has 2 N–H and O–H groups in total. The van der Waals surface area contributed by atoms with Crippen LogP contribution < -0.4 is 10.6 Å². The second-order valence-corrected chi connectivity index (χ2v) is 4.05. The summed E-state index contributed by atoms with van der Waals surface area (Å²) >= 11 is 0. The summed E-state index contributed by atoms with van der Waals surface area (Å²) < 4.78 is 15.4. The smallest absolute Gasteiger partial charge is 0.221 e. The molecule has 1 rings (SSSR count). The van der Waals surface area contributed by atoms with E-state index in [1.807, 2.05) is 0 Å². The monoisotopic (exact) mass is 246 g/mol. The molecule has 0 aromatic rings. The van der Waals surface area contributed by atoms with Gasteiger partial charge >= 0.3 is 0 Å². The maximum absolute atomic E-state index is 11.6. The molecule has 1 saturated heterocycles. The molecular weight excluding hydrogens is 224 g/mol. The van der Waals surface area contributed by atoms with Crippen molar-refractivity contribution in [2.75, 3.05) is 47.1 Å². The minimum absolute atomic E-state index is 0.00570. The summed E-state index contributed by atoms with van der Waals surface area (Å²) in [4.78, 5) is 11.6. The highest BCUT2D eigenvalue weighted by Gasteiger charge is 2.17. The summed E-state index contributed by atoms with van der Waals surface area (Å²) in [5.41, 5.74) is 0. The van der Waals surface area contributed by atoms with E-state index < -0.39 is 0 Å². The predicted octanol–water partition coefficient (Wildman–Crippen LogP) is -0.857. The number of methoxy groups -OCH3 is 2. The molecule has 6 nitrogen and oxygen atoms in total. The van der Waals surface area contributed by atoms with Crippen LogP contribution in [0.25, 0.3) is 0 Å². The molecule has 0 aromatic carbocycles. The topological polar surface area (TPSA) is 68.8 Å². The Kier molecular flexibility index (Phi) is 7.11. The van der Waals surface area contributed by atoms with Gasteiger partial charge in [-0.05, 0) is 0 Å². The third-order valence-corrected chi connectivity index (χ3v) is 2.64. The number of carbonyl (C=O) groups is 1. The highest BCUT2D eigenvalue weighted by atomic mass is 16.5. The first-order valence-corrected chi connectivity index (χ1v) is 5.85. The zero-order valence-electron chi connectivity index (χ0n) is 10.5. The molecule has 1 aliphatic rings. The van der Waals surface area contributed by atoms with Crippen molar-refractivity contribution in [2.24, 2.45) is 0 Å². The van der Waals surface area contributed by atoms with Crippen molar-refractivity contribution in [1.29, 1.82) is 0 Å². The van der Waals surface area contributed by atoms with Crippen LogP contribution in [0.4, 0.5) is 0 Å². The normalized spacial score (nSPS) is 22.1. The van der Waals surface area contributed by atoms with E-state index in [1.54, 1.807) is 14.2 Å². The molecule has 2 atom stereocenters. The molecule has 0 bridgehead atoms. The van der Waals surface area contributed by atoms with E-state index in [0.717, 1.165) is 13.2 Å². The van der Waals surface area contributed by atoms with Crippen molar-refractivity contribution in [3.8, 4) is 0 Å². The quantitative estimate of drug-likeness (QED) is 0.612. The molecule has 6 heteroatoms. The first kappa shape index (κ1) is 14.4. The number of amides is 1. The molecule has 0 spiro atoms. The number of rotatable bonds is 7. The molecule has 0 aromatic heterocycles. The highest BCUT2D eigenvalue weighted by molar-refractivity contribution is 5.76. The lowest BCUT2D eigenvalue weighted by Gasteiger charge is -2.23. The van der Waals surface area contributed by atoms with Crippen LogP contribution in [0.5, 0.6) is 0 Å². The largest absolute Gasteiger partial charge is 0.382 e. The van der Waals surface area contributed by atoms with Crippen LogP contribution in [0.1, 0.15) is 6.42 Å². The number of hydrogen-bond donors (Lipinski definition) is 2. The SMILES string of the molecule is COCC(CNC(=O)CC1COCCN1)OC. The summed E-state index contributed by atoms with van der Waals surface area (Å²) in [6.45, 7) is 3.07. The average molecular weight is 246 g/mol. The van der Waals surface area contributed by atoms with Gasteiger partial charge in [-0.3, -0.25) is 4.79 Å². The summed E-state index contributed by atoms with van der Waals surface area (Å²) in [6, 6.07) is 0.118. The van der Waals surface area contributed by atoms with E-state index in [2.05, 4.69) is 10.6 Å². The Hall–Kier alpha value is -0.690. The Morgan fingerprint density at radius 3 is 3.00 bits per heavy atom. The minimum atomic E-state index is -0.0977. The van der Waals surface area contributed by atoms with Crippen molar-refractivity contribution < 1.29 is 19.0 Å². The fraction of sp³-hybridized carbons (Fsp3) is 0.909. The maximum atomic E-state index is 11.6. The van der Waals surface area contributed by atoms with Gasteiger partial charge in [0, 0.05) is 39.8 Å². The zero-order valence-corrected chi connectivity index (χ0v) is 10.5. The first-order valence-electron chi connectivity index (χ1n) is 5.85. The van der Waals surface area contributed by atoms with Crippen LogP contribution in [0.3, 0.4) is 0 Å². The Balaban J connectivity index is 2.14. The molecular formula is C11H22N2O4. The van der Waals surface area contributed by atoms with E-state index in [-0.39, 0.29) is 18.1 Å². The van der Waals surface area contributed by atoms with Gasteiger partial charge in [-0.2, -0.15) is 0 Å². The molecule has 17 heavy (non-hydrogen) atoms. The van der Waals surface area contributed by atoms with Crippen LogP contribution in [0, 0.1) is 0 Å². The summed E-state index contributed by atoms with van der Waals surface area (Å²) in [7, 11) is 3.21. The van der Waals surface area contributed by atoms with Crippen molar-refractivity contribution in [3.63, 3.8) is 0 Å². The van der Waals surface area contributed by atoms with Crippen LogP contribution in [-0.4, -0.2) is 65.2 Å². The third-order valence-electron chi connectivity index (χ3n) is 2.64. The van der Waals surface area contributed by atoms with Crippen LogP contribution in [-0.2, 0) is 19.0 Å². The summed E-state index contributed by atoms with van der Waals surface area (Å²) in [6.07, 6.45) is 0.336. The van der Waals surface area contributed by atoms with Gasteiger partial charge in [-0.1, -0.05) is 0 Å². The van der Waals surface area contributed by atoms with Gasteiger partial charge in [-0.25, -0.2) is 0 Å². The van der Waals surface area contributed by atoms with Gasteiger partial charge < -0.3 is 24.8 Å². The molecule has 100 valence electrons. The van der Waals surface area contributed by atoms with Gasteiger partial charge in [0.1, 0.15) is 0 Å². The van der Waals surface area contributed by atoms with Gasteiger partial charge in [0.05, 0.1) is 25.9 Å². The maximum Gasteiger partial charge on any atom is 0.221 e. The Bertz CT molecular complexity index is 220. The molecule has 1 fully saturated rings. The van der Waals surface area contributed by atoms with Crippen molar-refractivity contribution in [3.05, 3.63) is 0 Å². The van der Waals surface area contributed by atoms with Crippen LogP contribution >= 0.6 is 0 Å². The fourth-order valence-electron chi connectivity index (χ4n) is 1.67. The Morgan fingerprint density at radius 2 is 2.41 bits per heavy atom. The molecule has 2 unspecified atom stereocenters. The van der Waals surface area contributed by atoms with Gasteiger partial charge in [0.25, 0.3) is 0 Å². The van der Waals surface area contributed by atoms with Gasteiger partial charge in [0.2, 0.25) is 5.91 Å². The Morgan fingerprint density at radius 1 is 1.59 bits per heavy atom. The van der Waals surface area contributed by atoms with Gasteiger partial charge in [-0.15, -0.1) is 0 Å². The third kappa shape index (κ3) is 5.97. The van der Waals surface area contributed by atoms with Crippen LogP contribution in [0.15, 0.2) is 0 Å². The van der Waals surface area contributed by atoms with Crippen molar-refractivity contribution in [2.45, 2.75) is 18.6 Å². The van der Waals surface area contributed by atoms with E-state index in [0.29, 0.717) is 26.2 Å². The van der Waals surface area contributed by atoms with E-state index in [9.17, 15) is 4.79 Å². The molecule has 0 saturated carbocycles. The first-order chi connectivity index (χ1) is 8.26. The lowest BCUT2D eigenvalue weighted by atomic mass is 10.2. The Labute approximate surface area is 102 Å². The summed E-state index contributed by atoms with van der Waals surface area (Å²) in [5, 5.41) is 6.06. The van der Waals surface area contributed by atoms with Gasteiger partial charge in [0.15, 0.2) is 0 Å². The zero-order chi connectivity index (χ0) is 12.5. The fourth-order valence-corrected chi connectivity index (χ4v) is 1.67. The second-order valence-electron chi connectivity index (χ2n) is 4.05.